The van der Waals surface area contributed by atoms with E-state index in [0.717, 1.165) is 37.6 Å². The van der Waals surface area contributed by atoms with E-state index in [1.807, 2.05) is 0 Å². The van der Waals surface area contributed by atoms with Gasteiger partial charge in [-0.3, -0.25) is 4.79 Å². The normalized spacial score (nSPS) is 32.4. The van der Waals surface area contributed by atoms with Gasteiger partial charge in [0.05, 0.1) is 0 Å². The molecule has 19 heavy (non-hydrogen) atoms. The molecule has 2 fully saturated rings. The Morgan fingerprint density at radius 1 is 1.21 bits per heavy atom. The molecule has 1 amide bonds. The van der Waals surface area contributed by atoms with Crippen molar-refractivity contribution in [2.24, 2.45) is 23.7 Å². The zero-order chi connectivity index (χ0) is 13.7. The Balaban J connectivity index is 1.74. The summed E-state index contributed by atoms with van der Waals surface area (Å²) < 4.78 is 0. The average Bonchev–Trinajstić information content (AvgIpc) is 2.44. The zero-order valence-corrected chi connectivity index (χ0v) is 12.9. The van der Waals surface area contributed by atoms with Gasteiger partial charge in [0, 0.05) is 18.3 Å². The standard InChI is InChI=1S/C16H28ClNO/c1-12(8-9-17)11-18-16(19)15-7-6-13-4-2-3-5-14(13)10-15/h12-15H,2-11H2,1H3,(H,18,19). The van der Waals surface area contributed by atoms with Gasteiger partial charge in [-0.2, -0.15) is 0 Å². The van der Waals surface area contributed by atoms with Crippen molar-refractivity contribution in [2.45, 2.75) is 58.3 Å². The van der Waals surface area contributed by atoms with Crippen molar-refractivity contribution >= 4 is 17.5 Å². The monoisotopic (exact) mass is 285 g/mol. The number of amides is 1. The minimum Gasteiger partial charge on any atom is -0.356 e. The van der Waals surface area contributed by atoms with Crippen molar-refractivity contribution in [3.8, 4) is 0 Å². The smallest absolute Gasteiger partial charge is 0.223 e. The number of hydrogen-bond donors (Lipinski definition) is 1. The summed E-state index contributed by atoms with van der Waals surface area (Å²) in [4.78, 5) is 12.2. The molecular weight excluding hydrogens is 258 g/mol. The van der Waals surface area contributed by atoms with Crippen LogP contribution in [0.25, 0.3) is 0 Å². The molecule has 4 unspecified atom stereocenters. The van der Waals surface area contributed by atoms with Gasteiger partial charge in [0.15, 0.2) is 0 Å². The summed E-state index contributed by atoms with van der Waals surface area (Å²) in [7, 11) is 0. The fourth-order valence-corrected chi connectivity index (χ4v) is 4.19. The molecule has 0 aromatic carbocycles. The maximum atomic E-state index is 12.2. The summed E-state index contributed by atoms with van der Waals surface area (Å²) in [6.45, 7) is 2.94. The van der Waals surface area contributed by atoms with Crippen LogP contribution in [0.2, 0.25) is 0 Å². The van der Waals surface area contributed by atoms with Gasteiger partial charge in [0.1, 0.15) is 0 Å². The summed E-state index contributed by atoms with van der Waals surface area (Å²) in [6.07, 6.45) is 10.1. The first-order valence-corrected chi connectivity index (χ1v) is 8.57. The van der Waals surface area contributed by atoms with Crippen LogP contribution in [0, 0.1) is 23.7 Å². The third-order valence-electron chi connectivity index (χ3n) is 5.14. The molecule has 0 saturated heterocycles. The van der Waals surface area contributed by atoms with E-state index in [4.69, 9.17) is 11.6 Å². The predicted octanol–water partition coefficient (Wildman–Crippen LogP) is 3.97. The van der Waals surface area contributed by atoms with Crippen LogP contribution in [0.15, 0.2) is 0 Å². The number of carbonyl (C=O) groups excluding carboxylic acids is 1. The summed E-state index contributed by atoms with van der Waals surface area (Å²) in [5.41, 5.74) is 0. The van der Waals surface area contributed by atoms with Crippen molar-refractivity contribution in [3.05, 3.63) is 0 Å². The van der Waals surface area contributed by atoms with Crippen molar-refractivity contribution in [3.63, 3.8) is 0 Å². The van der Waals surface area contributed by atoms with E-state index >= 15 is 0 Å². The van der Waals surface area contributed by atoms with Crippen LogP contribution in [0.4, 0.5) is 0 Å². The van der Waals surface area contributed by atoms with Gasteiger partial charge in [-0.25, -0.2) is 0 Å². The lowest BCUT2D eigenvalue weighted by Crippen LogP contribution is -2.38. The van der Waals surface area contributed by atoms with Gasteiger partial charge >= 0.3 is 0 Å². The van der Waals surface area contributed by atoms with E-state index in [1.165, 1.54) is 32.1 Å². The highest BCUT2D eigenvalue weighted by molar-refractivity contribution is 6.17. The number of carbonyl (C=O) groups is 1. The van der Waals surface area contributed by atoms with Crippen molar-refractivity contribution in [1.82, 2.24) is 5.32 Å². The van der Waals surface area contributed by atoms with Crippen molar-refractivity contribution in [1.29, 1.82) is 0 Å². The fraction of sp³-hybridized carbons (Fsp3) is 0.938. The van der Waals surface area contributed by atoms with Gasteiger partial charge in [0.25, 0.3) is 0 Å². The lowest BCUT2D eigenvalue weighted by molar-refractivity contribution is -0.127. The lowest BCUT2D eigenvalue weighted by atomic mass is 9.67. The van der Waals surface area contributed by atoms with Crippen LogP contribution in [0.1, 0.15) is 58.3 Å². The number of alkyl halides is 1. The minimum atomic E-state index is 0.280. The van der Waals surface area contributed by atoms with Gasteiger partial charge in [-0.05, 0) is 43.4 Å². The molecule has 0 aromatic heterocycles. The maximum absolute atomic E-state index is 12.2. The van der Waals surface area contributed by atoms with Gasteiger partial charge in [0.2, 0.25) is 5.91 Å². The molecule has 3 heteroatoms. The van der Waals surface area contributed by atoms with E-state index in [-0.39, 0.29) is 5.92 Å². The Labute approximate surface area is 122 Å². The van der Waals surface area contributed by atoms with Crippen LogP contribution < -0.4 is 5.32 Å². The largest absolute Gasteiger partial charge is 0.356 e. The second-order valence-electron chi connectivity index (χ2n) is 6.64. The fourth-order valence-electron chi connectivity index (χ4n) is 3.82. The molecule has 0 aliphatic heterocycles. The van der Waals surface area contributed by atoms with E-state index in [1.54, 1.807) is 0 Å². The molecule has 2 saturated carbocycles. The van der Waals surface area contributed by atoms with Crippen LogP contribution in [-0.2, 0) is 4.79 Å². The minimum absolute atomic E-state index is 0.280. The molecule has 0 bridgehead atoms. The van der Waals surface area contributed by atoms with E-state index in [2.05, 4.69) is 12.2 Å². The van der Waals surface area contributed by atoms with Crippen LogP contribution in [0.3, 0.4) is 0 Å². The topological polar surface area (TPSA) is 29.1 Å². The summed E-state index contributed by atoms with van der Waals surface area (Å²) in [5.74, 6) is 3.51. The van der Waals surface area contributed by atoms with Crippen molar-refractivity contribution in [2.75, 3.05) is 12.4 Å². The molecule has 2 rings (SSSR count). The second-order valence-corrected chi connectivity index (χ2v) is 7.02. The molecular formula is C16H28ClNO. The third-order valence-corrected chi connectivity index (χ3v) is 5.36. The summed E-state index contributed by atoms with van der Waals surface area (Å²) in [6, 6.07) is 0. The summed E-state index contributed by atoms with van der Waals surface area (Å²) in [5, 5.41) is 3.13. The number of hydrogen-bond acceptors (Lipinski definition) is 1. The Kier molecular flexibility index (Phi) is 6.00. The molecule has 0 radical (unpaired) electrons. The Hall–Kier alpha value is -0.240. The highest BCUT2D eigenvalue weighted by Gasteiger charge is 2.34. The second kappa shape index (κ2) is 7.52. The van der Waals surface area contributed by atoms with E-state index in [0.29, 0.717) is 17.7 Å². The lowest BCUT2D eigenvalue weighted by Gasteiger charge is -2.38. The first-order chi connectivity index (χ1) is 9.20. The quantitative estimate of drug-likeness (QED) is 0.761. The highest BCUT2D eigenvalue weighted by Crippen LogP contribution is 2.42. The SMILES string of the molecule is CC(CCCl)CNC(=O)C1CCC2CCCCC2C1. The number of fused-ring (bicyclic) bond motifs is 1. The Morgan fingerprint density at radius 2 is 1.95 bits per heavy atom. The summed E-state index contributed by atoms with van der Waals surface area (Å²) >= 11 is 5.72. The molecule has 110 valence electrons. The molecule has 2 aliphatic rings. The average molecular weight is 286 g/mol. The van der Waals surface area contributed by atoms with E-state index in [9.17, 15) is 4.79 Å². The van der Waals surface area contributed by atoms with E-state index < -0.39 is 0 Å². The Bertz CT molecular complexity index is 294. The van der Waals surface area contributed by atoms with Gasteiger partial charge in [-0.15, -0.1) is 11.6 Å². The van der Waals surface area contributed by atoms with Crippen LogP contribution in [0.5, 0.6) is 0 Å². The molecule has 1 N–H and O–H groups in total. The molecule has 2 aliphatic carbocycles. The molecule has 2 nitrogen and oxygen atoms in total. The molecule has 4 atom stereocenters. The van der Waals surface area contributed by atoms with Crippen LogP contribution >= 0.6 is 11.6 Å². The Morgan fingerprint density at radius 3 is 2.68 bits per heavy atom. The predicted molar refractivity (Wildman–Crippen MR) is 80.3 cm³/mol. The zero-order valence-electron chi connectivity index (χ0n) is 12.2. The number of halogens is 1. The number of nitrogens with one attached hydrogen (secondary N) is 1. The first kappa shape index (κ1) is 15.2. The van der Waals surface area contributed by atoms with Gasteiger partial charge < -0.3 is 5.32 Å². The van der Waals surface area contributed by atoms with Gasteiger partial charge in [-0.1, -0.05) is 32.6 Å². The van der Waals surface area contributed by atoms with Crippen molar-refractivity contribution < 1.29 is 4.79 Å². The number of rotatable bonds is 5. The highest BCUT2D eigenvalue weighted by atomic mass is 35.5. The van der Waals surface area contributed by atoms with Crippen LogP contribution in [-0.4, -0.2) is 18.3 Å². The third kappa shape index (κ3) is 4.37. The molecule has 0 aromatic rings. The maximum Gasteiger partial charge on any atom is 0.223 e. The molecule has 0 heterocycles. The molecule has 0 spiro atoms. The first-order valence-electron chi connectivity index (χ1n) is 8.04.